The summed E-state index contributed by atoms with van der Waals surface area (Å²) in [4.78, 5) is 34.4. The number of hydrogen-bond acceptors (Lipinski definition) is 7. The Morgan fingerprint density at radius 1 is 0.931 bits per heavy atom. The van der Waals surface area contributed by atoms with Gasteiger partial charge in [-0.1, -0.05) is 18.7 Å². The summed E-state index contributed by atoms with van der Waals surface area (Å²) in [6.45, 7) is 3.92. The van der Waals surface area contributed by atoms with Crippen LogP contribution in [0.3, 0.4) is 0 Å². The molecule has 0 aliphatic heterocycles. The molecule has 0 aliphatic rings. The van der Waals surface area contributed by atoms with Gasteiger partial charge in [0.05, 0.1) is 32.3 Å². The number of carbonyl (C=O) groups excluding carboxylic acids is 3. The van der Waals surface area contributed by atoms with Crippen molar-refractivity contribution < 1.29 is 33.3 Å². The van der Waals surface area contributed by atoms with Crippen LogP contribution in [-0.2, 0) is 25.5 Å². The Labute approximate surface area is 168 Å². The summed E-state index contributed by atoms with van der Waals surface area (Å²) < 4.78 is 20.3. The Balaban J connectivity index is 1.80. The lowest BCUT2D eigenvalue weighted by molar-refractivity contribution is -0.140. The molecule has 0 aromatic heterocycles. The molecular formula is C22H22O7. The zero-order valence-corrected chi connectivity index (χ0v) is 16.1. The normalized spacial score (nSPS) is 9.97. The largest absolute Gasteiger partial charge is 0.493 e. The van der Waals surface area contributed by atoms with Gasteiger partial charge in [-0.05, 0) is 42.0 Å². The highest BCUT2D eigenvalue weighted by atomic mass is 16.5. The number of hydrogen-bond donors (Lipinski definition) is 0. The Morgan fingerprint density at radius 2 is 1.59 bits per heavy atom. The molecule has 0 heterocycles. The van der Waals surface area contributed by atoms with Crippen LogP contribution in [0.2, 0.25) is 0 Å². The minimum absolute atomic E-state index is 0.156. The first-order valence-corrected chi connectivity index (χ1v) is 8.92. The van der Waals surface area contributed by atoms with Crippen molar-refractivity contribution >= 4 is 17.9 Å². The summed E-state index contributed by atoms with van der Waals surface area (Å²) in [7, 11) is 1.33. The van der Waals surface area contributed by atoms with Crippen molar-refractivity contribution in [3.05, 3.63) is 72.3 Å². The van der Waals surface area contributed by atoms with E-state index >= 15 is 0 Å². The molecule has 7 nitrogen and oxygen atoms in total. The molecule has 0 radical (unpaired) electrons. The van der Waals surface area contributed by atoms with Gasteiger partial charge in [-0.3, -0.25) is 4.79 Å². The van der Waals surface area contributed by atoms with Gasteiger partial charge in [-0.25, -0.2) is 9.59 Å². The SMILES string of the molecule is C=CC(=O)OCCCOc1ccc(C(=O)Oc2ccc(CC(=O)OC)cc2)cc1. The van der Waals surface area contributed by atoms with Crippen molar-refractivity contribution in [3.63, 3.8) is 0 Å². The quantitative estimate of drug-likeness (QED) is 0.263. The van der Waals surface area contributed by atoms with E-state index in [0.717, 1.165) is 11.6 Å². The van der Waals surface area contributed by atoms with Gasteiger partial charge in [0.25, 0.3) is 0 Å². The van der Waals surface area contributed by atoms with Gasteiger partial charge in [0.15, 0.2) is 0 Å². The number of benzene rings is 2. The summed E-state index contributed by atoms with van der Waals surface area (Å²) in [5.41, 5.74) is 1.13. The fourth-order valence-corrected chi connectivity index (χ4v) is 2.25. The Kier molecular flexibility index (Phi) is 8.44. The van der Waals surface area contributed by atoms with Gasteiger partial charge in [-0.15, -0.1) is 0 Å². The van der Waals surface area contributed by atoms with Crippen molar-refractivity contribution in [1.82, 2.24) is 0 Å². The predicted octanol–water partition coefficient (Wildman–Crippen LogP) is 3.12. The van der Waals surface area contributed by atoms with E-state index in [9.17, 15) is 14.4 Å². The summed E-state index contributed by atoms with van der Waals surface area (Å²) in [5.74, 6) is -0.351. The second kappa shape index (κ2) is 11.3. The summed E-state index contributed by atoms with van der Waals surface area (Å²) >= 11 is 0. The van der Waals surface area contributed by atoms with Gasteiger partial charge in [0.2, 0.25) is 0 Å². The zero-order valence-electron chi connectivity index (χ0n) is 16.1. The molecule has 0 saturated carbocycles. The van der Waals surface area contributed by atoms with E-state index in [1.54, 1.807) is 48.5 Å². The van der Waals surface area contributed by atoms with Gasteiger partial charge >= 0.3 is 17.9 Å². The molecule has 0 bridgehead atoms. The second-order valence-electron chi connectivity index (χ2n) is 5.88. The van der Waals surface area contributed by atoms with Crippen LogP contribution in [0.1, 0.15) is 22.3 Å². The molecule has 0 aliphatic carbocycles. The average molecular weight is 398 g/mol. The van der Waals surface area contributed by atoms with Crippen molar-refractivity contribution in [3.8, 4) is 11.5 Å². The maximum absolute atomic E-state index is 12.2. The minimum Gasteiger partial charge on any atom is -0.493 e. The van der Waals surface area contributed by atoms with Crippen LogP contribution in [0.15, 0.2) is 61.2 Å². The standard InChI is InChI=1S/C22H22O7/c1-3-20(23)28-14-4-13-27-18-11-7-17(8-12-18)22(25)29-19-9-5-16(6-10-19)15-21(24)26-2/h3,5-12H,1,4,13-15H2,2H3. The van der Waals surface area contributed by atoms with Gasteiger partial charge in [-0.2, -0.15) is 0 Å². The lowest BCUT2D eigenvalue weighted by atomic mass is 10.1. The van der Waals surface area contributed by atoms with E-state index in [2.05, 4.69) is 11.3 Å². The van der Waals surface area contributed by atoms with Crippen molar-refractivity contribution in [1.29, 1.82) is 0 Å². The molecular weight excluding hydrogens is 376 g/mol. The highest BCUT2D eigenvalue weighted by molar-refractivity contribution is 5.91. The molecule has 152 valence electrons. The van der Waals surface area contributed by atoms with Gasteiger partial charge in [0.1, 0.15) is 11.5 Å². The van der Waals surface area contributed by atoms with Crippen LogP contribution < -0.4 is 9.47 Å². The van der Waals surface area contributed by atoms with E-state index in [4.69, 9.17) is 14.2 Å². The first-order valence-electron chi connectivity index (χ1n) is 8.92. The van der Waals surface area contributed by atoms with Crippen LogP contribution in [0.4, 0.5) is 0 Å². The van der Waals surface area contributed by atoms with Gasteiger partial charge in [0, 0.05) is 12.5 Å². The molecule has 0 amide bonds. The van der Waals surface area contributed by atoms with Gasteiger partial charge < -0.3 is 18.9 Å². The molecule has 0 N–H and O–H groups in total. The van der Waals surface area contributed by atoms with E-state index in [1.807, 2.05) is 0 Å². The first-order chi connectivity index (χ1) is 14.0. The highest BCUT2D eigenvalue weighted by Gasteiger charge is 2.10. The molecule has 0 unspecified atom stereocenters. The average Bonchev–Trinajstić information content (AvgIpc) is 2.75. The number of rotatable bonds is 10. The Bertz CT molecular complexity index is 838. The molecule has 7 heteroatoms. The molecule has 2 aromatic rings. The fraction of sp³-hybridized carbons (Fsp3) is 0.227. The molecule has 0 fully saturated rings. The predicted molar refractivity (Wildman–Crippen MR) is 105 cm³/mol. The van der Waals surface area contributed by atoms with Crippen molar-refractivity contribution in [2.24, 2.45) is 0 Å². The summed E-state index contributed by atoms with van der Waals surface area (Å²) in [5, 5.41) is 0. The minimum atomic E-state index is -0.506. The maximum Gasteiger partial charge on any atom is 0.343 e. The molecule has 2 rings (SSSR count). The van der Waals surface area contributed by atoms with Crippen LogP contribution in [0.25, 0.3) is 0 Å². The Hall–Kier alpha value is -3.61. The zero-order chi connectivity index (χ0) is 21.1. The topological polar surface area (TPSA) is 88.1 Å². The van der Waals surface area contributed by atoms with Crippen LogP contribution in [0, 0.1) is 0 Å². The monoisotopic (exact) mass is 398 g/mol. The maximum atomic E-state index is 12.2. The van der Waals surface area contributed by atoms with E-state index in [1.165, 1.54) is 7.11 Å². The van der Waals surface area contributed by atoms with Crippen molar-refractivity contribution in [2.75, 3.05) is 20.3 Å². The Morgan fingerprint density at radius 3 is 2.21 bits per heavy atom. The second-order valence-corrected chi connectivity index (χ2v) is 5.88. The lowest BCUT2D eigenvalue weighted by Crippen LogP contribution is -2.09. The fourth-order valence-electron chi connectivity index (χ4n) is 2.25. The van der Waals surface area contributed by atoms with E-state index < -0.39 is 11.9 Å². The molecule has 0 saturated heterocycles. The first kappa shape index (κ1) is 21.7. The van der Waals surface area contributed by atoms with Crippen molar-refractivity contribution in [2.45, 2.75) is 12.8 Å². The van der Waals surface area contributed by atoms with Crippen LogP contribution in [-0.4, -0.2) is 38.2 Å². The summed E-state index contributed by atoms with van der Waals surface area (Å²) in [6.07, 6.45) is 1.80. The third kappa shape index (κ3) is 7.50. The third-order valence-corrected chi connectivity index (χ3v) is 3.77. The van der Waals surface area contributed by atoms with E-state index in [0.29, 0.717) is 30.1 Å². The smallest absolute Gasteiger partial charge is 0.343 e. The highest BCUT2D eigenvalue weighted by Crippen LogP contribution is 2.17. The van der Waals surface area contributed by atoms with E-state index in [-0.39, 0.29) is 19.0 Å². The molecule has 0 atom stereocenters. The molecule has 2 aromatic carbocycles. The van der Waals surface area contributed by atoms with Crippen LogP contribution in [0.5, 0.6) is 11.5 Å². The molecule has 0 spiro atoms. The lowest BCUT2D eigenvalue weighted by Gasteiger charge is -2.08. The third-order valence-electron chi connectivity index (χ3n) is 3.77. The number of carbonyl (C=O) groups is 3. The number of ether oxygens (including phenoxy) is 4. The van der Waals surface area contributed by atoms with Crippen LogP contribution >= 0.6 is 0 Å². The number of methoxy groups -OCH3 is 1. The summed E-state index contributed by atoms with van der Waals surface area (Å²) in [6, 6.07) is 13.1. The molecule has 29 heavy (non-hydrogen) atoms. The number of esters is 3.